The third-order valence-corrected chi connectivity index (χ3v) is 5.23. The van der Waals surface area contributed by atoms with E-state index in [1.165, 1.54) is 22.5 Å². The zero-order chi connectivity index (χ0) is 20.1. The number of hydrogen-bond donors (Lipinski definition) is 1. The fourth-order valence-corrected chi connectivity index (χ4v) is 3.64. The molecule has 0 spiro atoms. The highest BCUT2D eigenvalue weighted by molar-refractivity contribution is 5.92. The van der Waals surface area contributed by atoms with E-state index in [1.54, 1.807) is 0 Å². The van der Waals surface area contributed by atoms with E-state index < -0.39 is 0 Å². The summed E-state index contributed by atoms with van der Waals surface area (Å²) in [5.41, 5.74) is 2.22. The van der Waals surface area contributed by atoms with Crippen LogP contribution in [0.2, 0.25) is 0 Å². The summed E-state index contributed by atoms with van der Waals surface area (Å²) in [5, 5.41) is 7.24. The molecule has 6 heteroatoms. The average molecular weight is 388 g/mol. The molecular weight excluding hydrogens is 364 g/mol. The van der Waals surface area contributed by atoms with Crippen LogP contribution < -0.4 is 15.8 Å². The highest BCUT2D eigenvalue weighted by atomic mass is 16.2. The number of aromatic nitrogens is 2. The lowest BCUT2D eigenvalue weighted by atomic mass is 10.1. The number of benzene rings is 2. The lowest BCUT2D eigenvalue weighted by Crippen LogP contribution is -2.33. The summed E-state index contributed by atoms with van der Waals surface area (Å²) in [6.45, 7) is 2.85. The van der Waals surface area contributed by atoms with Gasteiger partial charge < -0.3 is 10.2 Å². The van der Waals surface area contributed by atoms with Gasteiger partial charge in [-0.3, -0.25) is 9.59 Å². The van der Waals surface area contributed by atoms with E-state index in [1.807, 2.05) is 48.5 Å². The second kappa shape index (κ2) is 8.73. The fourth-order valence-electron chi connectivity index (χ4n) is 3.64. The predicted octanol–water partition coefficient (Wildman–Crippen LogP) is 2.55. The van der Waals surface area contributed by atoms with Crippen LogP contribution in [-0.2, 0) is 6.54 Å². The first-order valence-electron chi connectivity index (χ1n) is 9.89. The molecule has 1 aliphatic heterocycles. The van der Waals surface area contributed by atoms with E-state index in [4.69, 9.17) is 0 Å². The molecule has 0 unspecified atom stereocenters. The highest BCUT2D eigenvalue weighted by Gasteiger charge is 2.23. The van der Waals surface area contributed by atoms with E-state index >= 15 is 0 Å². The monoisotopic (exact) mass is 388 g/mol. The number of carbonyl (C=O) groups excluding carboxylic acids is 1. The largest absolute Gasteiger partial charge is 0.371 e. The number of nitrogens with zero attached hydrogens (tertiary/aromatic N) is 3. The Morgan fingerprint density at radius 3 is 2.48 bits per heavy atom. The second-order valence-corrected chi connectivity index (χ2v) is 7.35. The Balaban J connectivity index is 1.35. The van der Waals surface area contributed by atoms with Crippen molar-refractivity contribution < 1.29 is 4.79 Å². The molecule has 0 bridgehead atoms. The Kier molecular flexibility index (Phi) is 5.70. The van der Waals surface area contributed by atoms with Crippen molar-refractivity contribution in [3.63, 3.8) is 0 Å². The SMILES string of the molecule is O=C(NC[C@H]1CCN(c2ccccc2)C1)c1ccc(=O)n(Cc2ccccc2)n1. The van der Waals surface area contributed by atoms with E-state index in [9.17, 15) is 9.59 Å². The van der Waals surface area contributed by atoms with Crippen molar-refractivity contribution in [3.8, 4) is 0 Å². The van der Waals surface area contributed by atoms with Crippen molar-refractivity contribution in [2.24, 2.45) is 5.92 Å². The molecule has 1 fully saturated rings. The molecule has 6 nitrogen and oxygen atoms in total. The number of carbonyl (C=O) groups is 1. The standard InChI is InChI=1S/C23H24N4O2/c28-22-12-11-21(25-27(22)17-18-7-3-1-4-8-18)23(29)24-15-19-13-14-26(16-19)20-9-5-2-6-10-20/h1-12,19H,13-17H2,(H,24,29)/t19-/m1/s1. The van der Waals surface area contributed by atoms with Crippen molar-refractivity contribution in [1.82, 2.24) is 15.1 Å². The van der Waals surface area contributed by atoms with Crippen LogP contribution in [0.15, 0.2) is 77.6 Å². The summed E-state index contributed by atoms with van der Waals surface area (Å²) < 4.78 is 1.33. The third-order valence-electron chi connectivity index (χ3n) is 5.23. The summed E-state index contributed by atoms with van der Waals surface area (Å²) in [5.74, 6) is 0.152. The first kappa shape index (κ1) is 18.9. The van der Waals surface area contributed by atoms with Gasteiger partial charge in [-0.2, -0.15) is 5.10 Å². The number of para-hydroxylation sites is 1. The van der Waals surface area contributed by atoms with Gasteiger partial charge in [0.25, 0.3) is 11.5 Å². The van der Waals surface area contributed by atoms with E-state index in [-0.39, 0.29) is 17.2 Å². The minimum atomic E-state index is -0.245. The molecule has 4 rings (SSSR count). The smallest absolute Gasteiger partial charge is 0.271 e. The molecule has 2 heterocycles. The lowest BCUT2D eigenvalue weighted by molar-refractivity contribution is 0.0940. The Labute approximate surface area is 169 Å². The molecule has 3 aromatic rings. The zero-order valence-corrected chi connectivity index (χ0v) is 16.2. The molecule has 1 saturated heterocycles. The molecule has 1 N–H and O–H groups in total. The topological polar surface area (TPSA) is 67.2 Å². The zero-order valence-electron chi connectivity index (χ0n) is 16.2. The summed E-state index contributed by atoms with van der Waals surface area (Å²) in [4.78, 5) is 27.0. The van der Waals surface area contributed by atoms with Gasteiger partial charge in [-0.15, -0.1) is 0 Å². The summed E-state index contributed by atoms with van der Waals surface area (Å²) in [6.07, 6.45) is 1.04. The van der Waals surface area contributed by atoms with Gasteiger partial charge in [-0.1, -0.05) is 48.5 Å². The molecule has 2 aromatic carbocycles. The van der Waals surface area contributed by atoms with Crippen molar-refractivity contribution in [2.75, 3.05) is 24.5 Å². The maximum Gasteiger partial charge on any atom is 0.271 e. The molecule has 1 atom stereocenters. The quantitative estimate of drug-likeness (QED) is 0.705. The number of nitrogens with one attached hydrogen (secondary N) is 1. The normalized spacial score (nSPS) is 16.0. The van der Waals surface area contributed by atoms with Gasteiger partial charge >= 0.3 is 0 Å². The van der Waals surface area contributed by atoms with Crippen LogP contribution in [0, 0.1) is 5.92 Å². The van der Waals surface area contributed by atoms with Gasteiger partial charge in [0.1, 0.15) is 5.69 Å². The van der Waals surface area contributed by atoms with Gasteiger partial charge in [0.2, 0.25) is 0 Å². The molecule has 1 amide bonds. The van der Waals surface area contributed by atoms with E-state index in [0.29, 0.717) is 19.0 Å². The van der Waals surface area contributed by atoms with Crippen molar-refractivity contribution in [3.05, 3.63) is 94.4 Å². The van der Waals surface area contributed by atoms with Crippen LogP contribution >= 0.6 is 0 Å². The lowest BCUT2D eigenvalue weighted by Gasteiger charge is -2.18. The molecular formula is C23H24N4O2. The van der Waals surface area contributed by atoms with Crippen LogP contribution in [0.3, 0.4) is 0 Å². The first-order valence-corrected chi connectivity index (χ1v) is 9.89. The fraction of sp³-hybridized carbons (Fsp3) is 0.261. The molecule has 148 valence electrons. The highest BCUT2D eigenvalue weighted by Crippen LogP contribution is 2.22. The van der Waals surface area contributed by atoms with Crippen molar-refractivity contribution in [2.45, 2.75) is 13.0 Å². The molecule has 0 radical (unpaired) electrons. The first-order chi connectivity index (χ1) is 14.2. The second-order valence-electron chi connectivity index (χ2n) is 7.35. The Bertz CT molecular complexity index is 1020. The number of anilines is 1. The Morgan fingerprint density at radius 2 is 1.72 bits per heavy atom. The van der Waals surface area contributed by atoms with Crippen molar-refractivity contribution in [1.29, 1.82) is 0 Å². The number of amides is 1. The molecule has 0 saturated carbocycles. The Hall–Kier alpha value is -3.41. The van der Waals surface area contributed by atoms with Gasteiger partial charge in [-0.05, 0) is 36.1 Å². The van der Waals surface area contributed by atoms with Gasteiger partial charge in [0.05, 0.1) is 6.54 Å². The third kappa shape index (κ3) is 4.71. The van der Waals surface area contributed by atoms with Gasteiger partial charge in [-0.25, -0.2) is 4.68 Å². The van der Waals surface area contributed by atoms with E-state index in [0.717, 1.165) is 25.1 Å². The predicted molar refractivity (Wildman–Crippen MR) is 113 cm³/mol. The maximum absolute atomic E-state index is 12.6. The molecule has 1 aliphatic rings. The minimum absolute atomic E-state index is 0.223. The van der Waals surface area contributed by atoms with E-state index in [2.05, 4.69) is 27.4 Å². The minimum Gasteiger partial charge on any atom is -0.371 e. The van der Waals surface area contributed by atoms with Gasteiger partial charge in [0.15, 0.2) is 0 Å². The maximum atomic E-state index is 12.6. The van der Waals surface area contributed by atoms with Crippen LogP contribution in [0.1, 0.15) is 22.5 Å². The van der Waals surface area contributed by atoms with Crippen molar-refractivity contribution >= 4 is 11.6 Å². The van der Waals surface area contributed by atoms with Gasteiger partial charge in [0, 0.05) is 31.4 Å². The average Bonchev–Trinajstić information content (AvgIpc) is 3.24. The molecule has 29 heavy (non-hydrogen) atoms. The summed E-state index contributed by atoms with van der Waals surface area (Å²) in [6, 6.07) is 22.8. The number of hydrogen-bond acceptors (Lipinski definition) is 4. The number of rotatable bonds is 6. The van der Waals surface area contributed by atoms with Crippen LogP contribution in [0.5, 0.6) is 0 Å². The molecule has 1 aromatic heterocycles. The van der Waals surface area contributed by atoms with Crippen LogP contribution in [0.25, 0.3) is 0 Å². The van der Waals surface area contributed by atoms with Crippen LogP contribution in [0.4, 0.5) is 5.69 Å². The molecule has 0 aliphatic carbocycles. The Morgan fingerprint density at radius 1 is 1.00 bits per heavy atom. The summed E-state index contributed by atoms with van der Waals surface area (Å²) >= 11 is 0. The summed E-state index contributed by atoms with van der Waals surface area (Å²) in [7, 11) is 0. The van der Waals surface area contributed by atoms with Crippen LogP contribution in [-0.4, -0.2) is 35.3 Å².